The number of benzene rings is 2. The van der Waals surface area contributed by atoms with Gasteiger partial charge in [-0.25, -0.2) is 4.79 Å². The summed E-state index contributed by atoms with van der Waals surface area (Å²) in [6.45, 7) is 0.432. The number of rotatable bonds is 5. The second-order valence-electron chi connectivity index (χ2n) is 4.72. The molecule has 0 bridgehead atoms. The van der Waals surface area contributed by atoms with E-state index in [0.29, 0.717) is 11.1 Å². The van der Waals surface area contributed by atoms with Gasteiger partial charge < -0.3 is 27.6 Å². The fraction of sp³-hybridized carbons (Fsp3) is 0.125. The van der Waals surface area contributed by atoms with Crippen molar-refractivity contribution < 1.29 is 32.5 Å². The number of nitrogens with one attached hydrogen (secondary N) is 1. The molecule has 0 saturated heterocycles. The van der Waals surface area contributed by atoms with E-state index in [9.17, 15) is 9.90 Å². The Labute approximate surface area is 140 Å². The summed E-state index contributed by atoms with van der Waals surface area (Å²) in [4.78, 5) is 11.6. The summed E-state index contributed by atoms with van der Waals surface area (Å²) in [5, 5.41) is 17.8. The van der Waals surface area contributed by atoms with Crippen molar-refractivity contribution in [3.05, 3.63) is 65.2 Å². The number of hydrogen-bond donors (Lipinski definition) is 4. The molecule has 7 heteroatoms. The first-order valence-electron chi connectivity index (χ1n) is 6.71. The van der Waals surface area contributed by atoms with Crippen molar-refractivity contribution in [3.63, 3.8) is 0 Å². The fourth-order valence-corrected chi connectivity index (χ4v) is 1.88. The lowest BCUT2D eigenvalue weighted by atomic mass is 10.1. The molecule has 0 aliphatic rings. The van der Waals surface area contributed by atoms with Gasteiger partial charge in [-0.15, -0.1) is 0 Å². The zero-order valence-electron chi connectivity index (χ0n) is 12.3. The Morgan fingerprint density at radius 3 is 2.48 bits per heavy atom. The summed E-state index contributed by atoms with van der Waals surface area (Å²) in [7, 11) is 0. The SMILES string of the molecule is NC(=[NH2+])c1ccc(CNC(=O)OCc2ccccc2)cc1O.[Cl-]. The minimum absolute atomic E-state index is 0. The Kier molecular flexibility index (Phi) is 6.89. The van der Waals surface area contributed by atoms with Crippen LogP contribution in [0.3, 0.4) is 0 Å². The van der Waals surface area contributed by atoms with E-state index in [1.807, 2.05) is 30.3 Å². The van der Waals surface area contributed by atoms with Crippen LogP contribution in [0.2, 0.25) is 0 Å². The van der Waals surface area contributed by atoms with Crippen LogP contribution in [0.1, 0.15) is 16.7 Å². The van der Waals surface area contributed by atoms with Gasteiger partial charge in [0.25, 0.3) is 5.84 Å². The number of amidine groups is 1. The average molecular weight is 336 g/mol. The minimum atomic E-state index is -0.530. The number of carbonyl (C=O) groups is 1. The van der Waals surface area contributed by atoms with Crippen LogP contribution < -0.4 is 28.9 Å². The Balaban J connectivity index is 0.00000264. The van der Waals surface area contributed by atoms with E-state index in [1.54, 1.807) is 12.1 Å². The topological polar surface area (TPSA) is 110 Å². The Morgan fingerprint density at radius 1 is 1.17 bits per heavy atom. The highest BCUT2D eigenvalue weighted by molar-refractivity contribution is 5.95. The molecule has 0 heterocycles. The molecule has 6 N–H and O–H groups in total. The molecule has 0 aliphatic heterocycles. The predicted molar refractivity (Wildman–Crippen MR) is 81.8 cm³/mol. The van der Waals surface area contributed by atoms with E-state index >= 15 is 0 Å². The van der Waals surface area contributed by atoms with Crippen LogP contribution in [-0.4, -0.2) is 17.0 Å². The highest BCUT2D eigenvalue weighted by atomic mass is 35.5. The molecule has 0 spiro atoms. The molecule has 1 amide bonds. The molecule has 0 aromatic heterocycles. The molecular weight excluding hydrogens is 318 g/mol. The van der Waals surface area contributed by atoms with Crippen LogP contribution >= 0.6 is 0 Å². The van der Waals surface area contributed by atoms with Crippen molar-refractivity contribution in [2.24, 2.45) is 5.73 Å². The Hall–Kier alpha value is -2.73. The summed E-state index contributed by atoms with van der Waals surface area (Å²) < 4.78 is 5.09. The monoisotopic (exact) mass is 335 g/mol. The highest BCUT2D eigenvalue weighted by Crippen LogP contribution is 2.17. The lowest BCUT2D eigenvalue weighted by Gasteiger charge is -2.08. The summed E-state index contributed by atoms with van der Waals surface area (Å²) in [5.74, 6) is 0.0104. The normalized spacial score (nSPS) is 9.57. The van der Waals surface area contributed by atoms with Gasteiger partial charge in [0.15, 0.2) is 0 Å². The number of phenolic OH excluding ortho intramolecular Hbond substituents is 1. The van der Waals surface area contributed by atoms with Crippen LogP contribution in [0, 0.1) is 0 Å². The maximum atomic E-state index is 11.6. The third-order valence-electron chi connectivity index (χ3n) is 3.02. The van der Waals surface area contributed by atoms with Gasteiger partial charge >= 0.3 is 6.09 Å². The Bertz CT molecular complexity index is 678. The van der Waals surface area contributed by atoms with E-state index in [1.165, 1.54) is 6.07 Å². The summed E-state index contributed by atoms with van der Waals surface area (Å²) in [5.41, 5.74) is 7.42. The number of aromatic hydroxyl groups is 1. The van der Waals surface area contributed by atoms with E-state index in [4.69, 9.17) is 15.9 Å². The molecule has 0 radical (unpaired) electrons. The number of phenols is 1. The fourth-order valence-electron chi connectivity index (χ4n) is 1.88. The van der Waals surface area contributed by atoms with Gasteiger partial charge in [-0.3, -0.25) is 11.1 Å². The van der Waals surface area contributed by atoms with Crippen molar-refractivity contribution in [2.75, 3.05) is 0 Å². The lowest BCUT2D eigenvalue weighted by Crippen LogP contribution is -3.00. The molecule has 23 heavy (non-hydrogen) atoms. The zero-order chi connectivity index (χ0) is 15.9. The summed E-state index contributed by atoms with van der Waals surface area (Å²) in [6.07, 6.45) is -0.530. The van der Waals surface area contributed by atoms with Gasteiger partial charge in [0.2, 0.25) is 0 Å². The maximum Gasteiger partial charge on any atom is 0.407 e. The van der Waals surface area contributed by atoms with Crippen molar-refractivity contribution >= 4 is 11.9 Å². The van der Waals surface area contributed by atoms with Gasteiger partial charge in [-0.1, -0.05) is 36.4 Å². The first-order chi connectivity index (χ1) is 10.6. The molecule has 0 atom stereocenters. The molecule has 0 aliphatic carbocycles. The van der Waals surface area contributed by atoms with E-state index in [0.717, 1.165) is 5.56 Å². The van der Waals surface area contributed by atoms with Gasteiger partial charge in [-0.05, 0) is 23.3 Å². The number of amides is 1. The standard InChI is InChI=1S/C16H17N3O3.ClH/c17-15(18)13-7-6-12(8-14(13)20)9-19-16(21)22-10-11-4-2-1-3-5-11;/h1-8,20H,9-10H2,(H3,17,18)(H,19,21);1H. The molecule has 0 fully saturated rings. The quantitative estimate of drug-likeness (QED) is 0.352. The number of carbonyl (C=O) groups excluding carboxylic acids is 1. The lowest BCUT2D eigenvalue weighted by molar-refractivity contribution is -0.114. The first-order valence-corrected chi connectivity index (χ1v) is 6.71. The van der Waals surface area contributed by atoms with E-state index < -0.39 is 6.09 Å². The van der Waals surface area contributed by atoms with Gasteiger partial charge in [0.05, 0.1) is 0 Å². The van der Waals surface area contributed by atoms with Crippen molar-refractivity contribution in [1.82, 2.24) is 5.32 Å². The molecule has 0 saturated carbocycles. The van der Waals surface area contributed by atoms with Gasteiger partial charge in [0, 0.05) is 6.54 Å². The minimum Gasteiger partial charge on any atom is -1.00 e. The van der Waals surface area contributed by atoms with Gasteiger partial charge in [-0.2, -0.15) is 0 Å². The van der Waals surface area contributed by atoms with Crippen LogP contribution in [-0.2, 0) is 17.9 Å². The third kappa shape index (κ3) is 5.52. The van der Waals surface area contributed by atoms with Crippen molar-refractivity contribution in [1.29, 1.82) is 0 Å². The average Bonchev–Trinajstić information content (AvgIpc) is 2.51. The van der Waals surface area contributed by atoms with Crippen LogP contribution in [0.25, 0.3) is 0 Å². The zero-order valence-corrected chi connectivity index (χ0v) is 13.1. The molecule has 2 rings (SSSR count). The van der Waals surface area contributed by atoms with Crippen LogP contribution in [0.4, 0.5) is 4.79 Å². The second kappa shape index (κ2) is 8.65. The van der Waals surface area contributed by atoms with Crippen LogP contribution in [0.5, 0.6) is 5.75 Å². The molecule has 6 nitrogen and oxygen atoms in total. The third-order valence-corrected chi connectivity index (χ3v) is 3.02. The van der Waals surface area contributed by atoms with E-state index in [2.05, 4.69) is 5.32 Å². The van der Waals surface area contributed by atoms with Crippen molar-refractivity contribution in [3.8, 4) is 5.75 Å². The maximum absolute atomic E-state index is 11.6. The molecule has 2 aromatic rings. The highest BCUT2D eigenvalue weighted by Gasteiger charge is 2.09. The predicted octanol–water partition coefficient (Wildman–Crippen LogP) is -2.71. The van der Waals surface area contributed by atoms with Crippen LogP contribution in [0.15, 0.2) is 48.5 Å². The number of hydrogen-bond acceptors (Lipinski definition) is 3. The Morgan fingerprint density at radius 2 is 1.87 bits per heavy atom. The first kappa shape index (κ1) is 18.3. The number of ether oxygens (including phenoxy) is 1. The van der Waals surface area contributed by atoms with Gasteiger partial charge in [0.1, 0.15) is 17.9 Å². The molecule has 0 unspecified atom stereocenters. The molecular formula is C16H18ClN3O3. The summed E-state index contributed by atoms with van der Waals surface area (Å²) >= 11 is 0. The molecule has 2 aromatic carbocycles. The smallest absolute Gasteiger partial charge is 0.407 e. The largest absolute Gasteiger partial charge is 1.00 e. The summed E-state index contributed by atoms with van der Waals surface area (Å²) in [6, 6.07) is 14.2. The number of nitrogens with two attached hydrogens (primary N) is 2. The van der Waals surface area contributed by atoms with E-state index in [-0.39, 0.29) is 37.1 Å². The number of alkyl carbamates (subject to hydrolysis) is 1. The number of halogens is 1. The second-order valence-corrected chi connectivity index (χ2v) is 4.72. The van der Waals surface area contributed by atoms with Crippen molar-refractivity contribution in [2.45, 2.75) is 13.2 Å². The molecule has 122 valence electrons.